The number of likely N-dealkylation sites (tertiary alicyclic amines) is 1. The van der Waals surface area contributed by atoms with E-state index in [2.05, 4.69) is 60.6 Å². The van der Waals surface area contributed by atoms with Crippen LogP contribution in [0.15, 0.2) is 18.2 Å². The molecule has 13 nitrogen and oxygen atoms in total. The third-order valence-electron chi connectivity index (χ3n) is 8.85. The Hall–Kier alpha value is -4.10. The van der Waals surface area contributed by atoms with Crippen LogP contribution in [0.2, 0.25) is 0 Å². The summed E-state index contributed by atoms with van der Waals surface area (Å²) in [5.74, 6) is 3.09. The second-order valence-electron chi connectivity index (χ2n) is 12.2. The van der Waals surface area contributed by atoms with Crippen LogP contribution in [-0.2, 0) is 31.0 Å². The number of rotatable bonds is 14. The minimum Gasteiger partial charge on any atom is -0.463 e. The Morgan fingerprint density at radius 3 is 2.62 bits per heavy atom. The summed E-state index contributed by atoms with van der Waals surface area (Å²) in [5, 5.41) is 12.1. The van der Waals surface area contributed by atoms with Gasteiger partial charge in [0, 0.05) is 44.2 Å². The van der Waals surface area contributed by atoms with E-state index in [1.165, 1.54) is 4.90 Å². The molecular formula is C32H46N10O3. The number of carbonyl (C=O) groups is 2. The average molecular weight is 619 g/mol. The van der Waals surface area contributed by atoms with Crippen molar-refractivity contribution in [3.63, 3.8) is 0 Å². The lowest BCUT2D eigenvalue weighted by atomic mass is 9.95. The van der Waals surface area contributed by atoms with E-state index in [1.807, 2.05) is 18.2 Å². The SMILES string of the molecule is CCCCOc1nc(N)c(NC)c(N(C=O)Cc2ccc(CN3CCC(c4nnc5n4CCN(C(C)C)C5)CC3)cc2C=O)n1. The van der Waals surface area contributed by atoms with Crippen LogP contribution in [0, 0.1) is 0 Å². The first-order chi connectivity index (χ1) is 21.8. The number of piperidine rings is 1. The second-order valence-corrected chi connectivity index (χ2v) is 12.2. The number of unbranched alkanes of at least 4 members (excludes halogenated alkanes) is 1. The third kappa shape index (κ3) is 7.42. The van der Waals surface area contributed by atoms with Crippen molar-refractivity contribution in [1.29, 1.82) is 0 Å². The molecule has 0 atom stereocenters. The molecule has 4 heterocycles. The number of nitrogens with two attached hydrogens (primary N) is 1. The van der Waals surface area contributed by atoms with Crippen molar-refractivity contribution in [3.8, 4) is 6.01 Å². The van der Waals surface area contributed by atoms with E-state index >= 15 is 0 Å². The van der Waals surface area contributed by atoms with Crippen LogP contribution >= 0.6 is 0 Å². The van der Waals surface area contributed by atoms with Crippen molar-refractivity contribution < 1.29 is 14.3 Å². The molecule has 1 aromatic carbocycles. The highest BCUT2D eigenvalue weighted by Crippen LogP contribution is 2.32. The van der Waals surface area contributed by atoms with Crippen molar-refractivity contribution in [2.45, 2.75) is 84.6 Å². The zero-order chi connectivity index (χ0) is 31.9. The standard InChI is InChI=1S/C32H46N10O3/c1-5-6-15-45-32-35-29(33)28(34-4)31(36-32)41(21-44)18-25-8-7-23(16-26(25)20-43)17-39-11-9-24(10-12-39)30-38-37-27-19-40(22(2)3)13-14-42(27)30/h7-8,16,20-22,24,34H,5-6,9-15,17-19H2,1-4H3,(H2,33,35,36). The van der Waals surface area contributed by atoms with Crippen molar-refractivity contribution >= 4 is 30.0 Å². The molecule has 0 saturated carbocycles. The van der Waals surface area contributed by atoms with Crippen molar-refractivity contribution in [2.75, 3.05) is 49.2 Å². The summed E-state index contributed by atoms with van der Waals surface area (Å²) in [6.45, 7) is 12.6. The monoisotopic (exact) mass is 618 g/mol. The highest BCUT2D eigenvalue weighted by molar-refractivity contribution is 5.86. The van der Waals surface area contributed by atoms with Gasteiger partial charge in [-0.15, -0.1) is 10.2 Å². The molecule has 0 unspecified atom stereocenters. The van der Waals surface area contributed by atoms with E-state index in [9.17, 15) is 9.59 Å². The maximum Gasteiger partial charge on any atom is 0.320 e. The van der Waals surface area contributed by atoms with Crippen LogP contribution in [-0.4, -0.2) is 86.6 Å². The van der Waals surface area contributed by atoms with Gasteiger partial charge in [0.1, 0.15) is 23.6 Å². The number of hydrogen-bond donors (Lipinski definition) is 2. The fourth-order valence-corrected chi connectivity index (χ4v) is 6.16. The molecule has 0 aliphatic carbocycles. The molecule has 1 saturated heterocycles. The number of benzene rings is 1. The molecule has 242 valence electrons. The van der Waals surface area contributed by atoms with Gasteiger partial charge in [0.25, 0.3) is 0 Å². The van der Waals surface area contributed by atoms with Crippen LogP contribution in [0.5, 0.6) is 6.01 Å². The molecule has 3 aromatic rings. The summed E-state index contributed by atoms with van der Waals surface area (Å²) in [5.41, 5.74) is 8.88. The molecule has 2 aliphatic heterocycles. The number of aromatic nitrogens is 5. The predicted molar refractivity (Wildman–Crippen MR) is 173 cm³/mol. The molecule has 45 heavy (non-hydrogen) atoms. The lowest BCUT2D eigenvalue weighted by molar-refractivity contribution is -0.107. The number of nitrogens with zero attached hydrogens (tertiary/aromatic N) is 8. The Balaban J connectivity index is 1.23. The number of ether oxygens (including phenoxy) is 1. The minimum absolute atomic E-state index is 0.109. The molecule has 5 rings (SSSR count). The van der Waals surface area contributed by atoms with E-state index in [-0.39, 0.29) is 18.4 Å². The molecule has 2 aliphatic rings. The topological polar surface area (TPSA) is 148 Å². The maximum atomic E-state index is 12.3. The number of anilines is 3. The number of hydrogen-bond acceptors (Lipinski definition) is 11. The van der Waals surface area contributed by atoms with E-state index in [0.717, 1.165) is 88.5 Å². The highest BCUT2D eigenvalue weighted by atomic mass is 16.5. The number of amides is 1. The van der Waals surface area contributed by atoms with Crippen LogP contribution in [0.3, 0.4) is 0 Å². The Kier molecular flexibility index (Phi) is 10.6. The molecule has 1 fully saturated rings. The first kappa shape index (κ1) is 32.3. The zero-order valence-corrected chi connectivity index (χ0v) is 26.9. The van der Waals surface area contributed by atoms with E-state index in [4.69, 9.17) is 10.5 Å². The van der Waals surface area contributed by atoms with Gasteiger partial charge in [-0.05, 0) is 63.4 Å². The number of aldehydes is 1. The Labute approximate surface area is 265 Å². The predicted octanol–water partition coefficient (Wildman–Crippen LogP) is 3.45. The van der Waals surface area contributed by atoms with Gasteiger partial charge >= 0.3 is 6.01 Å². The summed E-state index contributed by atoms with van der Waals surface area (Å²) < 4.78 is 8.01. The minimum atomic E-state index is 0.109. The van der Waals surface area contributed by atoms with E-state index in [0.29, 0.717) is 47.6 Å². The second kappa shape index (κ2) is 14.8. The van der Waals surface area contributed by atoms with Crippen LogP contribution in [0.1, 0.15) is 85.5 Å². The van der Waals surface area contributed by atoms with Gasteiger partial charge in [-0.2, -0.15) is 9.97 Å². The van der Waals surface area contributed by atoms with Gasteiger partial charge in [0.05, 0.1) is 19.7 Å². The largest absolute Gasteiger partial charge is 0.463 e. The zero-order valence-electron chi connectivity index (χ0n) is 26.9. The summed E-state index contributed by atoms with van der Waals surface area (Å²) in [4.78, 5) is 39.4. The molecule has 0 spiro atoms. The number of carbonyl (C=O) groups excluding carboxylic acids is 2. The van der Waals surface area contributed by atoms with E-state index in [1.54, 1.807) is 7.05 Å². The van der Waals surface area contributed by atoms with Gasteiger partial charge in [-0.25, -0.2) is 0 Å². The lowest BCUT2D eigenvalue weighted by Crippen LogP contribution is -2.39. The quantitative estimate of drug-likeness (QED) is 0.202. The Bertz CT molecular complexity index is 1470. The van der Waals surface area contributed by atoms with Gasteiger partial charge in [-0.1, -0.05) is 25.5 Å². The van der Waals surface area contributed by atoms with Gasteiger partial charge in [0.2, 0.25) is 6.41 Å². The fraction of sp³-hybridized carbons (Fsp3) is 0.562. The molecule has 0 radical (unpaired) electrons. The molecule has 3 N–H and O–H groups in total. The number of nitrogens with one attached hydrogen (secondary N) is 1. The van der Waals surface area contributed by atoms with Crippen molar-refractivity contribution in [3.05, 3.63) is 46.5 Å². The van der Waals surface area contributed by atoms with Gasteiger partial charge in [-0.3, -0.25) is 24.3 Å². The number of fused-ring (bicyclic) bond motifs is 1. The van der Waals surface area contributed by atoms with Crippen LogP contribution in [0.25, 0.3) is 0 Å². The summed E-state index contributed by atoms with van der Waals surface area (Å²) >= 11 is 0. The Morgan fingerprint density at radius 2 is 1.93 bits per heavy atom. The molecule has 13 heteroatoms. The number of nitrogen functional groups attached to an aromatic ring is 1. The lowest BCUT2D eigenvalue weighted by Gasteiger charge is -2.34. The molecule has 1 amide bonds. The summed E-state index contributed by atoms with van der Waals surface area (Å²) in [6.07, 6.45) is 5.38. The van der Waals surface area contributed by atoms with Crippen molar-refractivity contribution in [2.24, 2.45) is 0 Å². The van der Waals surface area contributed by atoms with Crippen LogP contribution in [0.4, 0.5) is 17.3 Å². The Morgan fingerprint density at radius 1 is 1.13 bits per heavy atom. The van der Waals surface area contributed by atoms with Crippen molar-refractivity contribution in [1.82, 2.24) is 34.5 Å². The normalized spacial score (nSPS) is 16.0. The molecule has 0 bridgehead atoms. The third-order valence-corrected chi connectivity index (χ3v) is 8.85. The fourth-order valence-electron chi connectivity index (χ4n) is 6.16. The molecule has 2 aromatic heterocycles. The van der Waals surface area contributed by atoms with Crippen LogP contribution < -0.4 is 20.7 Å². The summed E-state index contributed by atoms with van der Waals surface area (Å²) in [7, 11) is 1.69. The summed E-state index contributed by atoms with van der Waals surface area (Å²) in [6, 6.07) is 6.47. The first-order valence-electron chi connectivity index (χ1n) is 16.0. The maximum absolute atomic E-state index is 12.3. The van der Waals surface area contributed by atoms with Gasteiger partial charge < -0.3 is 20.4 Å². The smallest absolute Gasteiger partial charge is 0.320 e. The molecular weight excluding hydrogens is 572 g/mol. The highest BCUT2D eigenvalue weighted by Gasteiger charge is 2.29. The first-order valence-corrected chi connectivity index (χ1v) is 16.0. The average Bonchev–Trinajstić information content (AvgIpc) is 3.47. The van der Waals surface area contributed by atoms with Gasteiger partial charge in [0.15, 0.2) is 11.6 Å². The van der Waals surface area contributed by atoms with E-state index < -0.39 is 0 Å².